The van der Waals surface area contributed by atoms with Crippen LogP contribution in [-0.4, -0.2) is 6.29 Å². The molecule has 2 rings (SSSR count). The highest BCUT2D eigenvalue weighted by molar-refractivity contribution is 5.79. The highest BCUT2D eigenvalue weighted by atomic mass is 16.5. The van der Waals surface area contributed by atoms with Crippen molar-refractivity contribution in [2.45, 2.75) is 39.2 Å². The summed E-state index contributed by atoms with van der Waals surface area (Å²) in [4.78, 5) is 11.3. The lowest BCUT2D eigenvalue weighted by molar-refractivity contribution is 0.111. The highest BCUT2D eigenvalue weighted by Crippen LogP contribution is 2.26. The molecule has 1 atom stereocenters. The Balaban J connectivity index is 2.11. The van der Waals surface area contributed by atoms with Crippen LogP contribution in [0.5, 0.6) is 5.75 Å². The van der Waals surface area contributed by atoms with Gasteiger partial charge in [-0.2, -0.15) is 0 Å². The zero-order valence-electron chi connectivity index (χ0n) is 12.7. The molecule has 21 heavy (non-hydrogen) atoms. The maximum atomic E-state index is 11.3. The predicted octanol–water partition coefficient (Wildman–Crippen LogP) is 4.98. The number of ether oxygens (including phenoxy) is 1. The van der Waals surface area contributed by atoms with E-state index >= 15 is 0 Å². The zero-order valence-corrected chi connectivity index (χ0v) is 12.7. The Morgan fingerprint density at radius 1 is 1.14 bits per heavy atom. The third-order valence-corrected chi connectivity index (χ3v) is 3.69. The van der Waals surface area contributed by atoms with E-state index in [4.69, 9.17) is 4.74 Å². The second kappa shape index (κ2) is 7.63. The van der Waals surface area contributed by atoms with Crippen molar-refractivity contribution >= 4 is 6.29 Å². The lowest BCUT2D eigenvalue weighted by Gasteiger charge is -2.14. The Labute approximate surface area is 126 Å². The standard InChI is InChI=1S/C19H22O2/c1-3-7-15(2)17-10-11-19(18(12-17)13-20)21-14-16-8-5-4-6-9-16/h4-6,8-13,15H,3,7,14H2,1-2H3. The number of carbonyl (C=O) groups excluding carboxylic acids is 1. The zero-order chi connectivity index (χ0) is 15.1. The van der Waals surface area contributed by atoms with E-state index in [1.807, 2.05) is 42.5 Å². The van der Waals surface area contributed by atoms with Crippen LogP contribution in [0.3, 0.4) is 0 Å². The molecule has 0 radical (unpaired) electrons. The molecule has 0 aliphatic heterocycles. The van der Waals surface area contributed by atoms with Crippen LogP contribution in [0.25, 0.3) is 0 Å². The fourth-order valence-electron chi connectivity index (χ4n) is 2.43. The summed E-state index contributed by atoms with van der Waals surface area (Å²) in [6.45, 7) is 4.85. The van der Waals surface area contributed by atoms with Gasteiger partial charge in [-0.3, -0.25) is 4.79 Å². The summed E-state index contributed by atoms with van der Waals surface area (Å²) in [6.07, 6.45) is 3.15. The van der Waals surface area contributed by atoms with Gasteiger partial charge in [0.1, 0.15) is 12.4 Å². The molecule has 0 amide bonds. The topological polar surface area (TPSA) is 26.3 Å². The van der Waals surface area contributed by atoms with Crippen LogP contribution in [0.4, 0.5) is 0 Å². The average Bonchev–Trinajstić information content (AvgIpc) is 2.54. The van der Waals surface area contributed by atoms with Gasteiger partial charge in [-0.25, -0.2) is 0 Å². The van der Waals surface area contributed by atoms with Crippen LogP contribution >= 0.6 is 0 Å². The molecule has 2 aromatic carbocycles. The van der Waals surface area contributed by atoms with Crippen molar-refractivity contribution < 1.29 is 9.53 Å². The van der Waals surface area contributed by atoms with Gasteiger partial charge >= 0.3 is 0 Å². The van der Waals surface area contributed by atoms with E-state index < -0.39 is 0 Å². The van der Waals surface area contributed by atoms with Crippen molar-refractivity contribution in [3.63, 3.8) is 0 Å². The summed E-state index contributed by atoms with van der Waals surface area (Å²) in [6, 6.07) is 15.9. The van der Waals surface area contributed by atoms with Crippen LogP contribution in [0, 0.1) is 0 Å². The summed E-state index contributed by atoms with van der Waals surface area (Å²) in [5.41, 5.74) is 2.93. The maximum absolute atomic E-state index is 11.3. The number of rotatable bonds is 7. The van der Waals surface area contributed by atoms with Gasteiger partial charge in [0.2, 0.25) is 0 Å². The van der Waals surface area contributed by atoms with Crippen LogP contribution in [0.1, 0.15) is 54.1 Å². The third-order valence-electron chi connectivity index (χ3n) is 3.69. The van der Waals surface area contributed by atoms with E-state index in [0.29, 0.717) is 23.8 Å². The van der Waals surface area contributed by atoms with Crippen LogP contribution < -0.4 is 4.74 Å². The van der Waals surface area contributed by atoms with E-state index in [9.17, 15) is 4.79 Å². The molecule has 0 saturated carbocycles. The summed E-state index contributed by atoms with van der Waals surface area (Å²) in [5.74, 6) is 1.12. The monoisotopic (exact) mass is 282 g/mol. The fraction of sp³-hybridized carbons (Fsp3) is 0.316. The minimum atomic E-state index is 0.469. The first-order valence-electron chi connectivity index (χ1n) is 7.50. The molecule has 0 spiro atoms. The highest BCUT2D eigenvalue weighted by Gasteiger charge is 2.09. The van der Waals surface area contributed by atoms with Gasteiger partial charge in [0.15, 0.2) is 6.29 Å². The lowest BCUT2D eigenvalue weighted by Crippen LogP contribution is -2.00. The summed E-state index contributed by atoms with van der Waals surface area (Å²) in [5, 5.41) is 0. The molecule has 0 aromatic heterocycles. The normalized spacial score (nSPS) is 11.9. The van der Waals surface area contributed by atoms with Gasteiger partial charge < -0.3 is 4.74 Å². The van der Waals surface area contributed by atoms with E-state index in [-0.39, 0.29) is 0 Å². The van der Waals surface area contributed by atoms with Crippen LogP contribution in [-0.2, 0) is 6.61 Å². The number of benzene rings is 2. The fourth-order valence-corrected chi connectivity index (χ4v) is 2.43. The average molecular weight is 282 g/mol. The second-order valence-corrected chi connectivity index (χ2v) is 5.38. The minimum absolute atomic E-state index is 0.469. The van der Waals surface area contributed by atoms with Crippen LogP contribution in [0.2, 0.25) is 0 Å². The molecule has 2 aromatic rings. The van der Waals surface area contributed by atoms with Gasteiger partial charge in [0.05, 0.1) is 5.56 Å². The van der Waals surface area contributed by atoms with Gasteiger partial charge in [0.25, 0.3) is 0 Å². The third kappa shape index (κ3) is 4.19. The van der Waals surface area contributed by atoms with E-state index in [0.717, 1.165) is 24.7 Å². The van der Waals surface area contributed by atoms with Crippen molar-refractivity contribution in [2.24, 2.45) is 0 Å². The molecule has 0 fully saturated rings. The van der Waals surface area contributed by atoms with Crippen molar-refractivity contribution in [3.8, 4) is 5.75 Å². The largest absolute Gasteiger partial charge is 0.488 e. The molecule has 0 saturated heterocycles. The number of aldehydes is 1. The van der Waals surface area contributed by atoms with E-state index in [2.05, 4.69) is 19.9 Å². The van der Waals surface area contributed by atoms with Gasteiger partial charge in [0, 0.05) is 0 Å². The minimum Gasteiger partial charge on any atom is -0.488 e. The molecular formula is C19H22O2. The predicted molar refractivity (Wildman–Crippen MR) is 85.9 cm³/mol. The maximum Gasteiger partial charge on any atom is 0.153 e. The summed E-state index contributed by atoms with van der Waals surface area (Å²) >= 11 is 0. The van der Waals surface area contributed by atoms with Crippen LogP contribution in [0.15, 0.2) is 48.5 Å². The van der Waals surface area contributed by atoms with Crippen molar-refractivity contribution in [1.29, 1.82) is 0 Å². The quantitative estimate of drug-likeness (QED) is 0.669. The van der Waals surface area contributed by atoms with Gasteiger partial charge in [-0.1, -0.05) is 56.7 Å². The van der Waals surface area contributed by atoms with E-state index in [1.54, 1.807) is 0 Å². The number of hydrogen-bond donors (Lipinski definition) is 0. The Morgan fingerprint density at radius 2 is 1.90 bits per heavy atom. The lowest BCUT2D eigenvalue weighted by atomic mass is 9.95. The molecule has 2 nitrogen and oxygen atoms in total. The molecular weight excluding hydrogens is 260 g/mol. The summed E-state index contributed by atoms with van der Waals surface area (Å²) in [7, 11) is 0. The molecule has 110 valence electrons. The first-order chi connectivity index (χ1) is 10.2. The molecule has 0 bridgehead atoms. The molecule has 1 unspecified atom stereocenters. The van der Waals surface area contributed by atoms with Crippen molar-refractivity contribution in [2.75, 3.05) is 0 Å². The number of hydrogen-bond acceptors (Lipinski definition) is 2. The molecule has 2 heteroatoms. The van der Waals surface area contributed by atoms with Gasteiger partial charge in [-0.05, 0) is 35.6 Å². The van der Waals surface area contributed by atoms with Gasteiger partial charge in [-0.15, -0.1) is 0 Å². The Morgan fingerprint density at radius 3 is 2.57 bits per heavy atom. The Hall–Kier alpha value is -2.09. The summed E-state index contributed by atoms with van der Waals surface area (Å²) < 4.78 is 5.78. The molecule has 0 aliphatic rings. The SMILES string of the molecule is CCCC(C)c1ccc(OCc2ccccc2)c(C=O)c1. The Bertz CT molecular complexity index is 575. The first kappa shape index (κ1) is 15.3. The molecule has 0 aliphatic carbocycles. The second-order valence-electron chi connectivity index (χ2n) is 5.38. The van der Waals surface area contributed by atoms with E-state index in [1.165, 1.54) is 5.56 Å². The van der Waals surface area contributed by atoms with Crippen molar-refractivity contribution in [3.05, 3.63) is 65.2 Å². The smallest absolute Gasteiger partial charge is 0.153 e. The van der Waals surface area contributed by atoms with Crippen molar-refractivity contribution in [1.82, 2.24) is 0 Å². The Kier molecular flexibility index (Phi) is 5.56. The molecule has 0 N–H and O–H groups in total. The first-order valence-corrected chi connectivity index (χ1v) is 7.50. The number of carbonyl (C=O) groups is 1. The molecule has 0 heterocycles.